The lowest BCUT2D eigenvalue weighted by Crippen LogP contribution is -2.28. The van der Waals surface area contributed by atoms with Crippen LogP contribution in [-0.2, 0) is 4.79 Å². The van der Waals surface area contributed by atoms with Gasteiger partial charge in [-0.1, -0.05) is 42.5 Å². The second-order valence-electron chi connectivity index (χ2n) is 5.55. The molecule has 5 nitrogen and oxygen atoms in total. The monoisotopic (exact) mass is 322 g/mol. The SMILES string of the molecule is CC(=O)c1cccc(OCC(=O)N2CCC(c3ccccc3)=N2)c1. The zero-order chi connectivity index (χ0) is 16.9. The highest BCUT2D eigenvalue weighted by molar-refractivity contribution is 6.02. The van der Waals surface area contributed by atoms with E-state index in [2.05, 4.69) is 5.10 Å². The number of hydrogen-bond donors (Lipinski definition) is 0. The third kappa shape index (κ3) is 3.68. The van der Waals surface area contributed by atoms with Crippen LogP contribution in [0.15, 0.2) is 59.7 Å². The van der Waals surface area contributed by atoms with Gasteiger partial charge in [-0.25, -0.2) is 5.01 Å². The van der Waals surface area contributed by atoms with Crippen molar-refractivity contribution < 1.29 is 14.3 Å². The van der Waals surface area contributed by atoms with Crippen LogP contribution in [-0.4, -0.2) is 35.6 Å². The van der Waals surface area contributed by atoms with Crippen LogP contribution < -0.4 is 4.74 Å². The number of carbonyl (C=O) groups is 2. The van der Waals surface area contributed by atoms with E-state index in [1.165, 1.54) is 11.9 Å². The van der Waals surface area contributed by atoms with E-state index in [1.807, 2.05) is 30.3 Å². The van der Waals surface area contributed by atoms with Crippen molar-refractivity contribution in [3.63, 3.8) is 0 Å². The molecule has 5 heteroatoms. The molecule has 0 aliphatic carbocycles. The van der Waals surface area contributed by atoms with Gasteiger partial charge in [-0.05, 0) is 24.6 Å². The van der Waals surface area contributed by atoms with Crippen molar-refractivity contribution in [2.45, 2.75) is 13.3 Å². The first kappa shape index (κ1) is 15.9. The zero-order valence-electron chi connectivity index (χ0n) is 13.4. The van der Waals surface area contributed by atoms with Crippen molar-refractivity contribution in [3.05, 3.63) is 65.7 Å². The van der Waals surface area contributed by atoms with Crippen molar-refractivity contribution in [1.29, 1.82) is 0 Å². The summed E-state index contributed by atoms with van der Waals surface area (Å²) in [4.78, 5) is 23.6. The number of hydrazone groups is 1. The molecule has 2 aromatic rings. The number of hydrogen-bond acceptors (Lipinski definition) is 4. The molecule has 0 unspecified atom stereocenters. The number of nitrogens with zero attached hydrogens (tertiary/aromatic N) is 2. The first-order valence-corrected chi connectivity index (χ1v) is 7.80. The molecular weight excluding hydrogens is 304 g/mol. The predicted molar refractivity (Wildman–Crippen MR) is 91.3 cm³/mol. The van der Waals surface area contributed by atoms with Crippen LogP contribution in [0.25, 0.3) is 0 Å². The molecule has 3 rings (SSSR count). The summed E-state index contributed by atoms with van der Waals surface area (Å²) in [6, 6.07) is 16.6. The molecule has 24 heavy (non-hydrogen) atoms. The summed E-state index contributed by atoms with van der Waals surface area (Å²) in [7, 11) is 0. The maximum absolute atomic E-state index is 12.2. The van der Waals surface area contributed by atoms with Gasteiger partial charge in [0.25, 0.3) is 5.91 Å². The Morgan fingerprint density at radius 2 is 1.92 bits per heavy atom. The Labute approximate surface area is 140 Å². The Morgan fingerprint density at radius 1 is 1.12 bits per heavy atom. The molecule has 0 saturated carbocycles. The molecular formula is C19H18N2O3. The maximum atomic E-state index is 12.2. The van der Waals surface area contributed by atoms with E-state index in [1.54, 1.807) is 24.3 Å². The fourth-order valence-electron chi connectivity index (χ4n) is 2.50. The van der Waals surface area contributed by atoms with Gasteiger partial charge in [0, 0.05) is 12.0 Å². The quantitative estimate of drug-likeness (QED) is 0.795. The van der Waals surface area contributed by atoms with Crippen LogP contribution in [0.1, 0.15) is 29.3 Å². The summed E-state index contributed by atoms with van der Waals surface area (Å²) in [5.41, 5.74) is 2.50. The Morgan fingerprint density at radius 3 is 2.67 bits per heavy atom. The minimum atomic E-state index is -0.200. The van der Waals surface area contributed by atoms with Crippen molar-refractivity contribution in [3.8, 4) is 5.75 Å². The molecule has 0 fully saturated rings. The third-order valence-electron chi connectivity index (χ3n) is 3.80. The molecule has 0 saturated heterocycles. The van der Waals surface area contributed by atoms with Crippen molar-refractivity contribution >= 4 is 17.4 Å². The van der Waals surface area contributed by atoms with E-state index >= 15 is 0 Å². The number of Topliss-reactive ketones (excluding diaryl/α,β-unsaturated/α-hetero) is 1. The van der Waals surface area contributed by atoms with Gasteiger partial charge in [0.1, 0.15) is 5.75 Å². The van der Waals surface area contributed by atoms with Gasteiger partial charge in [0.2, 0.25) is 0 Å². The van der Waals surface area contributed by atoms with Crippen LogP contribution in [0.4, 0.5) is 0 Å². The lowest BCUT2D eigenvalue weighted by Gasteiger charge is -2.12. The highest BCUT2D eigenvalue weighted by Crippen LogP contribution is 2.16. The van der Waals surface area contributed by atoms with Crippen LogP contribution in [0.5, 0.6) is 5.75 Å². The fraction of sp³-hybridized carbons (Fsp3) is 0.211. The molecule has 0 bridgehead atoms. The number of ketones is 1. The van der Waals surface area contributed by atoms with E-state index in [0.717, 1.165) is 17.7 Å². The average molecular weight is 322 g/mol. The second-order valence-corrected chi connectivity index (χ2v) is 5.55. The molecule has 2 aromatic carbocycles. The van der Waals surface area contributed by atoms with E-state index in [-0.39, 0.29) is 18.3 Å². The number of benzene rings is 2. The fourth-order valence-corrected chi connectivity index (χ4v) is 2.50. The van der Waals surface area contributed by atoms with Crippen molar-refractivity contribution in [1.82, 2.24) is 5.01 Å². The largest absolute Gasteiger partial charge is 0.484 e. The summed E-state index contributed by atoms with van der Waals surface area (Å²) in [5.74, 6) is 0.264. The predicted octanol–water partition coefficient (Wildman–Crippen LogP) is 2.90. The summed E-state index contributed by atoms with van der Waals surface area (Å²) < 4.78 is 5.50. The summed E-state index contributed by atoms with van der Waals surface area (Å²) >= 11 is 0. The molecule has 0 atom stereocenters. The van der Waals surface area contributed by atoms with Crippen molar-refractivity contribution in [2.75, 3.05) is 13.2 Å². The normalized spacial score (nSPS) is 13.5. The number of carbonyl (C=O) groups excluding carboxylic acids is 2. The molecule has 0 aromatic heterocycles. The Hall–Kier alpha value is -2.95. The minimum absolute atomic E-state index is 0.0385. The Bertz CT molecular complexity index is 784. The van der Waals surface area contributed by atoms with Gasteiger partial charge in [-0.2, -0.15) is 5.10 Å². The van der Waals surface area contributed by atoms with Gasteiger partial charge in [-0.3, -0.25) is 9.59 Å². The topological polar surface area (TPSA) is 59.0 Å². The first-order valence-electron chi connectivity index (χ1n) is 7.80. The summed E-state index contributed by atoms with van der Waals surface area (Å²) in [6.07, 6.45) is 0.732. The lowest BCUT2D eigenvalue weighted by atomic mass is 10.1. The van der Waals surface area contributed by atoms with Crippen LogP contribution >= 0.6 is 0 Å². The highest BCUT2D eigenvalue weighted by atomic mass is 16.5. The molecule has 0 radical (unpaired) electrons. The molecule has 1 amide bonds. The first-order chi connectivity index (χ1) is 11.6. The Balaban J connectivity index is 1.61. The number of rotatable bonds is 5. The second kappa shape index (κ2) is 7.08. The van der Waals surface area contributed by atoms with Gasteiger partial charge in [0.15, 0.2) is 12.4 Å². The molecule has 0 N–H and O–H groups in total. The summed E-state index contributed by atoms with van der Waals surface area (Å²) in [6.45, 7) is 1.95. The lowest BCUT2D eigenvalue weighted by molar-refractivity contribution is -0.132. The van der Waals surface area contributed by atoms with Crippen LogP contribution in [0.3, 0.4) is 0 Å². The van der Waals surface area contributed by atoms with E-state index in [4.69, 9.17) is 4.74 Å². The Kier molecular flexibility index (Phi) is 4.70. The minimum Gasteiger partial charge on any atom is -0.484 e. The van der Waals surface area contributed by atoms with Gasteiger partial charge in [0.05, 0.1) is 12.3 Å². The number of amides is 1. The van der Waals surface area contributed by atoms with Crippen LogP contribution in [0.2, 0.25) is 0 Å². The van der Waals surface area contributed by atoms with Gasteiger partial charge >= 0.3 is 0 Å². The summed E-state index contributed by atoms with van der Waals surface area (Å²) in [5, 5.41) is 5.82. The highest BCUT2D eigenvalue weighted by Gasteiger charge is 2.21. The van der Waals surface area contributed by atoms with Gasteiger partial charge in [-0.15, -0.1) is 0 Å². The molecule has 1 heterocycles. The number of ether oxygens (including phenoxy) is 1. The zero-order valence-corrected chi connectivity index (χ0v) is 13.4. The average Bonchev–Trinajstić information content (AvgIpc) is 3.11. The molecule has 122 valence electrons. The van der Waals surface area contributed by atoms with Crippen LogP contribution in [0, 0.1) is 0 Å². The smallest absolute Gasteiger partial charge is 0.280 e. The van der Waals surface area contributed by atoms with E-state index in [0.29, 0.717) is 17.9 Å². The standard InChI is InChI=1S/C19H18N2O3/c1-14(22)16-8-5-9-17(12-16)24-13-19(23)21-11-10-18(20-21)15-6-3-2-4-7-15/h2-9,12H,10-11,13H2,1H3. The molecule has 1 aliphatic heterocycles. The van der Waals surface area contributed by atoms with Gasteiger partial charge < -0.3 is 4.74 Å². The van der Waals surface area contributed by atoms with E-state index < -0.39 is 0 Å². The van der Waals surface area contributed by atoms with Crippen molar-refractivity contribution in [2.24, 2.45) is 5.10 Å². The van der Waals surface area contributed by atoms with E-state index in [9.17, 15) is 9.59 Å². The maximum Gasteiger partial charge on any atom is 0.280 e. The third-order valence-corrected chi connectivity index (χ3v) is 3.80. The molecule has 1 aliphatic rings. The molecule has 0 spiro atoms.